The smallest absolute Gasteiger partial charge is 0.0607 e. The molecule has 0 aliphatic carbocycles. The molecule has 0 saturated heterocycles. The quantitative estimate of drug-likeness (QED) is 0.766. The van der Waals surface area contributed by atoms with Crippen molar-refractivity contribution in [2.24, 2.45) is 0 Å². The molecule has 4 nitrogen and oxygen atoms in total. The summed E-state index contributed by atoms with van der Waals surface area (Å²) in [5.41, 5.74) is 1.96. The van der Waals surface area contributed by atoms with Crippen molar-refractivity contribution in [2.75, 3.05) is 6.61 Å². The average molecular weight is 211 g/mol. The predicted octanol–water partition coefficient (Wildman–Crippen LogP) is 1.07. The van der Waals surface area contributed by atoms with E-state index < -0.39 is 0 Å². The molecule has 0 aromatic carbocycles. The Balaban J connectivity index is 2.64. The fourth-order valence-electron chi connectivity index (χ4n) is 1.40. The first-order valence-electron chi connectivity index (χ1n) is 5.37. The van der Waals surface area contributed by atoms with Gasteiger partial charge in [-0.1, -0.05) is 0 Å². The molecule has 1 aromatic rings. The summed E-state index contributed by atoms with van der Waals surface area (Å²) in [5.74, 6) is 0. The Bertz CT molecular complexity index is 318. The van der Waals surface area contributed by atoms with Crippen LogP contribution >= 0.6 is 0 Å². The predicted molar refractivity (Wildman–Crippen MR) is 60.6 cm³/mol. The lowest BCUT2D eigenvalue weighted by Crippen LogP contribution is -2.42. The van der Waals surface area contributed by atoms with Crippen molar-refractivity contribution in [3.63, 3.8) is 0 Å². The van der Waals surface area contributed by atoms with Crippen LogP contribution in [0.15, 0.2) is 6.07 Å². The van der Waals surface area contributed by atoms with Gasteiger partial charge in [0.1, 0.15) is 0 Å². The maximum atomic E-state index is 9.12. The first-order chi connectivity index (χ1) is 6.98. The van der Waals surface area contributed by atoms with E-state index in [2.05, 4.69) is 23.4 Å². The van der Waals surface area contributed by atoms with Crippen LogP contribution < -0.4 is 5.32 Å². The van der Waals surface area contributed by atoms with Gasteiger partial charge in [0.15, 0.2) is 0 Å². The van der Waals surface area contributed by atoms with Gasteiger partial charge < -0.3 is 10.4 Å². The Labute approximate surface area is 91.3 Å². The second kappa shape index (κ2) is 4.77. The molecule has 4 heteroatoms. The van der Waals surface area contributed by atoms with E-state index in [0.717, 1.165) is 24.5 Å². The molecule has 1 aromatic heterocycles. The van der Waals surface area contributed by atoms with Gasteiger partial charge in [-0.25, -0.2) is 0 Å². The molecular formula is C11H21N3O. The number of hydrogen-bond acceptors (Lipinski definition) is 3. The molecule has 0 saturated carbocycles. The number of rotatable bonds is 5. The lowest BCUT2D eigenvalue weighted by molar-refractivity contribution is 0.186. The Kier molecular flexibility index (Phi) is 3.88. The van der Waals surface area contributed by atoms with Crippen molar-refractivity contribution in [3.8, 4) is 0 Å². The maximum absolute atomic E-state index is 9.12. The van der Waals surface area contributed by atoms with Crippen LogP contribution in [0.3, 0.4) is 0 Å². The molecule has 0 spiro atoms. The summed E-state index contributed by atoms with van der Waals surface area (Å²) in [6, 6.07) is 2.07. The zero-order chi connectivity index (χ0) is 11.5. The summed E-state index contributed by atoms with van der Waals surface area (Å²) < 4.78 is 1.98. The minimum absolute atomic E-state index is 0.131. The SMILES string of the molecule is CCn1nc(C)cc1CNC(C)(C)CO. The maximum Gasteiger partial charge on any atom is 0.0607 e. The van der Waals surface area contributed by atoms with E-state index in [1.54, 1.807) is 0 Å². The van der Waals surface area contributed by atoms with Crippen molar-refractivity contribution in [3.05, 3.63) is 17.5 Å². The number of nitrogens with zero attached hydrogens (tertiary/aromatic N) is 2. The van der Waals surface area contributed by atoms with E-state index >= 15 is 0 Å². The Morgan fingerprint density at radius 2 is 2.20 bits per heavy atom. The zero-order valence-corrected chi connectivity index (χ0v) is 10.0. The van der Waals surface area contributed by atoms with Crippen LogP contribution in [0.4, 0.5) is 0 Å². The Hall–Kier alpha value is -0.870. The largest absolute Gasteiger partial charge is 0.394 e. The van der Waals surface area contributed by atoms with Crippen molar-refractivity contribution < 1.29 is 5.11 Å². The van der Waals surface area contributed by atoms with Gasteiger partial charge >= 0.3 is 0 Å². The molecule has 0 aliphatic heterocycles. The molecule has 0 bridgehead atoms. The van der Waals surface area contributed by atoms with Crippen LogP contribution in [0.5, 0.6) is 0 Å². The van der Waals surface area contributed by atoms with Gasteiger partial charge in [0.25, 0.3) is 0 Å². The topological polar surface area (TPSA) is 50.1 Å². The first-order valence-corrected chi connectivity index (χ1v) is 5.37. The number of aliphatic hydroxyl groups is 1. The highest BCUT2D eigenvalue weighted by molar-refractivity contribution is 5.09. The van der Waals surface area contributed by atoms with Crippen molar-refractivity contribution in [1.82, 2.24) is 15.1 Å². The molecular weight excluding hydrogens is 190 g/mol. The fourth-order valence-corrected chi connectivity index (χ4v) is 1.40. The van der Waals surface area contributed by atoms with Gasteiger partial charge in [-0.2, -0.15) is 5.10 Å². The summed E-state index contributed by atoms with van der Waals surface area (Å²) in [6.45, 7) is 9.78. The van der Waals surface area contributed by atoms with Gasteiger partial charge in [-0.15, -0.1) is 0 Å². The molecule has 0 atom stereocenters. The normalized spacial score (nSPS) is 12.1. The molecule has 1 heterocycles. The standard InChI is InChI=1S/C11H21N3O/c1-5-14-10(6-9(2)13-14)7-12-11(3,4)8-15/h6,12,15H,5,7-8H2,1-4H3. The second-order valence-corrected chi connectivity index (χ2v) is 4.49. The third kappa shape index (κ3) is 3.32. The van der Waals surface area contributed by atoms with E-state index in [4.69, 9.17) is 5.11 Å². The van der Waals surface area contributed by atoms with Gasteiger partial charge in [0.05, 0.1) is 18.0 Å². The van der Waals surface area contributed by atoms with Gasteiger partial charge in [-0.05, 0) is 33.8 Å². The van der Waals surface area contributed by atoms with E-state index in [1.165, 1.54) is 0 Å². The summed E-state index contributed by atoms with van der Waals surface area (Å²) >= 11 is 0. The van der Waals surface area contributed by atoms with E-state index in [0.29, 0.717) is 0 Å². The zero-order valence-electron chi connectivity index (χ0n) is 10.0. The highest BCUT2D eigenvalue weighted by Crippen LogP contribution is 2.06. The number of aryl methyl sites for hydroxylation is 2. The van der Waals surface area contributed by atoms with E-state index in [-0.39, 0.29) is 12.1 Å². The molecule has 15 heavy (non-hydrogen) atoms. The molecule has 0 fully saturated rings. The van der Waals surface area contributed by atoms with Crippen LogP contribution in [-0.2, 0) is 13.1 Å². The number of nitrogens with one attached hydrogen (secondary N) is 1. The van der Waals surface area contributed by atoms with Gasteiger partial charge in [0, 0.05) is 18.6 Å². The van der Waals surface area contributed by atoms with E-state index in [1.807, 2.05) is 25.5 Å². The molecule has 1 rings (SSSR count). The van der Waals surface area contributed by atoms with Crippen LogP contribution in [0.2, 0.25) is 0 Å². The highest BCUT2D eigenvalue weighted by Gasteiger charge is 2.16. The summed E-state index contributed by atoms with van der Waals surface area (Å²) in [5, 5.41) is 16.8. The molecule has 0 unspecified atom stereocenters. The third-order valence-electron chi connectivity index (χ3n) is 2.43. The van der Waals surface area contributed by atoms with Gasteiger partial charge in [0.2, 0.25) is 0 Å². The Morgan fingerprint density at radius 1 is 1.53 bits per heavy atom. The van der Waals surface area contributed by atoms with Gasteiger partial charge in [-0.3, -0.25) is 4.68 Å². The number of aromatic nitrogens is 2. The average Bonchev–Trinajstić information content (AvgIpc) is 2.56. The third-order valence-corrected chi connectivity index (χ3v) is 2.43. The number of hydrogen-bond donors (Lipinski definition) is 2. The lowest BCUT2D eigenvalue weighted by Gasteiger charge is -2.23. The van der Waals surface area contributed by atoms with Crippen molar-refractivity contribution in [1.29, 1.82) is 0 Å². The molecule has 0 aliphatic rings. The van der Waals surface area contributed by atoms with E-state index in [9.17, 15) is 0 Å². The number of aliphatic hydroxyl groups excluding tert-OH is 1. The van der Waals surface area contributed by atoms with Crippen LogP contribution in [0, 0.1) is 6.92 Å². The van der Waals surface area contributed by atoms with Crippen molar-refractivity contribution in [2.45, 2.75) is 46.3 Å². The van der Waals surface area contributed by atoms with Crippen LogP contribution in [0.25, 0.3) is 0 Å². The molecule has 2 N–H and O–H groups in total. The fraction of sp³-hybridized carbons (Fsp3) is 0.727. The monoisotopic (exact) mass is 211 g/mol. The molecule has 0 amide bonds. The highest BCUT2D eigenvalue weighted by atomic mass is 16.3. The second-order valence-electron chi connectivity index (χ2n) is 4.49. The first kappa shape index (κ1) is 12.2. The Morgan fingerprint density at radius 3 is 2.73 bits per heavy atom. The van der Waals surface area contributed by atoms with Crippen LogP contribution in [-0.4, -0.2) is 27.0 Å². The summed E-state index contributed by atoms with van der Waals surface area (Å²) in [4.78, 5) is 0. The molecule has 0 radical (unpaired) electrons. The lowest BCUT2D eigenvalue weighted by atomic mass is 10.1. The minimum atomic E-state index is -0.239. The summed E-state index contributed by atoms with van der Waals surface area (Å²) in [6.07, 6.45) is 0. The molecule has 86 valence electrons. The van der Waals surface area contributed by atoms with Crippen LogP contribution in [0.1, 0.15) is 32.2 Å². The van der Waals surface area contributed by atoms with Crippen molar-refractivity contribution >= 4 is 0 Å². The minimum Gasteiger partial charge on any atom is -0.394 e. The summed E-state index contributed by atoms with van der Waals surface area (Å²) in [7, 11) is 0.